The van der Waals surface area contributed by atoms with Gasteiger partial charge in [-0.25, -0.2) is 14.2 Å². The minimum absolute atomic E-state index is 0.0544. The average molecular weight is 439 g/mol. The van der Waals surface area contributed by atoms with Crippen LogP contribution in [0.15, 0.2) is 42.6 Å². The van der Waals surface area contributed by atoms with E-state index in [1.54, 1.807) is 35.4 Å². The van der Waals surface area contributed by atoms with Crippen LogP contribution >= 0.6 is 0 Å². The number of pyridine rings is 1. The number of β-lactam (4-membered cyclic amide) rings is 1. The van der Waals surface area contributed by atoms with E-state index in [4.69, 9.17) is 5.73 Å². The highest BCUT2D eigenvalue weighted by Crippen LogP contribution is 2.34. The first-order valence-corrected chi connectivity index (χ1v) is 10.7. The van der Waals surface area contributed by atoms with Gasteiger partial charge in [0.2, 0.25) is 11.8 Å². The molecule has 168 valence electrons. The third-order valence-electron chi connectivity index (χ3n) is 6.27. The van der Waals surface area contributed by atoms with E-state index in [-0.39, 0.29) is 23.5 Å². The lowest BCUT2D eigenvalue weighted by atomic mass is 9.82. The molecule has 3 N–H and O–H groups in total. The molecule has 0 bridgehead atoms. The van der Waals surface area contributed by atoms with Crippen molar-refractivity contribution >= 4 is 23.7 Å². The average Bonchev–Trinajstić information content (AvgIpc) is 2.80. The van der Waals surface area contributed by atoms with Crippen LogP contribution in [0.2, 0.25) is 0 Å². The van der Waals surface area contributed by atoms with Gasteiger partial charge >= 0.3 is 6.03 Å². The fraction of sp³-hybridized carbons (Fsp3) is 0.391. The Hall–Kier alpha value is -3.49. The summed E-state index contributed by atoms with van der Waals surface area (Å²) in [5, 5.41) is 2.57. The molecule has 1 aromatic carbocycles. The number of anilines is 1. The quantitative estimate of drug-likeness (QED) is 0.708. The molecule has 0 radical (unpaired) electrons. The summed E-state index contributed by atoms with van der Waals surface area (Å²) in [6, 6.07) is 8.35. The predicted molar refractivity (Wildman–Crippen MR) is 116 cm³/mol. The van der Waals surface area contributed by atoms with Gasteiger partial charge in [0.05, 0.1) is 5.92 Å². The van der Waals surface area contributed by atoms with Crippen LogP contribution in [0.1, 0.15) is 29.9 Å². The third-order valence-corrected chi connectivity index (χ3v) is 6.27. The molecule has 2 aromatic rings. The first-order valence-electron chi connectivity index (χ1n) is 10.7. The number of imide groups is 1. The van der Waals surface area contributed by atoms with Gasteiger partial charge in [0.1, 0.15) is 17.7 Å². The number of urea groups is 1. The maximum absolute atomic E-state index is 13.3. The SMILES string of the molecule is CNC(=O)[C@@H]1[C@@H](Cc2ccnc(N)c2)C(=O)N1C(=O)N1CCC[C@H](c2ccc(F)cc2)C1. The second-order valence-corrected chi connectivity index (χ2v) is 8.29. The highest BCUT2D eigenvalue weighted by molar-refractivity contribution is 6.09. The number of carbonyl (C=O) groups excluding carboxylic acids is 3. The summed E-state index contributed by atoms with van der Waals surface area (Å²) in [6.07, 6.45) is 3.48. The molecule has 2 aliphatic rings. The Bertz CT molecular complexity index is 1030. The van der Waals surface area contributed by atoms with Gasteiger partial charge in [0, 0.05) is 32.3 Å². The molecule has 2 aliphatic heterocycles. The van der Waals surface area contributed by atoms with Crippen LogP contribution in [0.3, 0.4) is 0 Å². The molecule has 3 atom stereocenters. The number of rotatable bonds is 4. The predicted octanol–water partition coefficient (Wildman–Crippen LogP) is 1.92. The van der Waals surface area contributed by atoms with Crippen molar-refractivity contribution in [3.05, 3.63) is 59.5 Å². The number of nitrogens with two attached hydrogens (primary N) is 1. The molecule has 1 aromatic heterocycles. The monoisotopic (exact) mass is 439 g/mol. The molecule has 4 amide bonds. The lowest BCUT2D eigenvalue weighted by molar-refractivity contribution is -0.158. The van der Waals surface area contributed by atoms with Gasteiger partial charge in [-0.2, -0.15) is 0 Å². The number of nitrogen functional groups attached to an aromatic ring is 1. The molecule has 3 heterocycles. The Kier molecular flexibility index (Phi) is 6.07. The first kappa shape index (κ1) is 21.7. The molecular formula is C23H26FN5O3. The minimum atomic E-state index is -0.874. The summed E-state index contributed by atoms with van der Waals surface area (Å²) < 4.78 is 13.3. The van der Waals surface area contributed by atoms with E-state index in [2.05, 4.69) is 10.3 Å². The smallest absolute Gasteiger partial charge is 0.327 e. The van der Waals surface area contributed by atoms with Crippen molar-refractivity contribution in [1.29, 1.82) is 0 Å². The maximum atomic E-state index is 13.3. The number of carbonyl (C=O) groups is 3. The second-order valence-electron chi connectivity index (χ2n) is 8.29. The van der Waals surface area contributed by atoms with Crippen molar-refractivity contribution in [1.82, 2.24) is 20.1 Å². The fourth-order valence-corrected chi connectivity index (χ4v) is 4.59. The lowest BCUT2D eigenvalue weighted by Crippen LogP contribution is -2.70. The number of aromatic nitrogens is 1. The normalized spacial score (nSPS) is 22.9. The number of amides is 4. The number of piperidine rings is 1. The summed E-state index contributed by atoms with van der Waals surface area (Å²) in [6.45, 7) is 0.923. The van der Waals surface area contributed by atoms with Crippen molar-refractivity contribution < 1.29 is 18.8 Å². The Labute approximate surface area is 185 Å². The van der Waals surface area contributed by atoms with Gasteiger partial charge in [0.25, 0.3) is 0 Å². The van der Waals surface area contributed by atoms with Crippen LogP contribution in [0.25, 0.3) is 0 Å². The highest BCUT2D eigenvalue weighted by Gasteiger charge is 2.55. The van der Waals surface area contributed by atoms with Crippen molar-refractivity contribution in [3.8, 4) is 0 Å². The van der Waals surface area contributed by atoms with E-state index in [1.165, 1.54) is 19.2 Å². The van der Waals surface area contributed by atoms with E-state index in [0.717, 1.165) is 28.9 Å². The van der Waals surface area contributed by atoms with E-state index in [0.29, 0.717) is 25.3 Å². The highest BCUT2D eigenvalue weighted by atomic mass is 19.1. The van der Waals surface area contributed by atoms with Gasteiger partial charge in [0.15, 0.2) is 0 Å². The van der Waals surface area contributed by atoms with Crippen molar-refractivity contribution in [2.24, 2.45) is 5.92 Å². The zero-order valence-electron chi connectivity index (χ0n) is 17.8. The van der Waals surface area contributed by atoms with Gasteiger partial charge in [-0.1, -0.05) is 12.1 Å². The summed E-state index contributed by atoms with van der Waals surface area (Å²) in [7, 11) is 1.49. The number of nitrogens with one attached hydrogen (secondary N) is 1. The van der Waals surface area contributed by atoms with Crippen molar-refractivity contribution in [2.45, 2.75) is 31.2 Å². The van der Waals surface area contributed by atoms with Crippen LogP contribution in [-0.4, -0.2) is 58.8 Å². The largest absolute Gasteiger partial charge is 0.384 e. The minimum Gasteiger partial charge on any atom is -0.384 e. The van der Waals surface area contributed by atoms with Crippen LogP contribution in [-0.2, 0) is 16.0 Å². The van der Waals surface area contributed by atoms with Gasteiger partial charge in [-0.05, 0) is 54.7 Å². The zero-order chi connectivity index (χ0) is 22.8. The van der Waals surface area contributed by atoms with Crippen LogP contribution in [0, 0.1) is 11.7 Å². The Balaban J connectivity index is 1.49. The number of nitrogens with zero attached hydrogens (tertiary/aromatic N) is 3. The summed E-state index contributed by atoms with van der Waals surface area (Å²) >= 11 is 0. The molecule has 0 spiro atoms. The zero-order valence-corrected chi connectivity index (χ0v) is 17.8. The molecule has 8 nitrogen and oxygen atoms in total. The molecule has 9 heteroatoms. The van der Waals surface area contributed by atoms with E-state index in [1.807, 2.05) is 0 Å². The van der Waals surface area contributed by atoms with Gasteiger partial charge < -0.3 is 16.0 Å². The number of halogens is 1. The standard InChI is InChI=1S/C23H26FN5O3/c1-26-21(30)20-18(11-14-8-9-27-19(25)12-14)22(31)29(20)23(32)28-10-2-3-16(13-28)15-4-6-17(24)7-5-15/h4-9,12,16,18,20H,2-3,10-11,13H2,1H3,(H2,25,27)(H,26,30)/t16-,18+,20-/m0/s1. The topological polar surface area (TPSA) is 109 Å². The number of benzene rings is 1. The molecule has 2 fully saturated rings. The Morgan fingerprint density at radius 1 is 1.25 bits per heavy atom. The number of hydrogen-bond acceptors (Lipinski definition) is 5. The molecular weight excluding hydrogens is 413 g/mol. The third kappa shape index (κ3) is 4.15. The Morgan fingerprint density at radius 3 is 2.69 bits per heavy atom. The van der Waals surface area contributed by atoms with Crippen molar-refractivity contribution in [2.75, 3.05) is 25.9 Å². The van der Waals surface area contributed by atoms with E-state index >= 15 is 0 Å². The van der Waals surface area contributed by atoms with Crippen LogP contribution in [0.5, 0.6) is 0 Å². The Morgan fingerprint density at radius 2 is 2.00 bits per heavy atom. The van der Waals surface area contributed by atoms with E-state index < -0.39 is 18.0 Å². The molecule has 32 heavy (non-hydrogen) atoms. The maximum Gasteiger partial charge on any atom is 0.327 e. The fourth-order valence-electron chi connectivity index (χ4n) is 4.59. The molecule has 0 unspecified atom stereocenters. The lowest BCUT2D eigenvalue weighted by Gasteiger charge is -2.47. The first-order chi connectivity index (χ1) is 15.4. The van der Waals surface area contributed by atoms with Crippen LogP contribution < -0.4 is 11.1 Å². The molecule has 4 rings (SSSR count). The van der Waals surface area contributed by atoms with Crippen molar-refractivity contribution in [3.63, 3.8) is 0 Å². The molecule has 0 saturated carbocycles. The molecule has 2 saturated heterocycles. The summed E-state index contributed by atoms with van der Waals surface area (Å²) in [5.74, 6) is -1.31. The number of likely N-dealkylation sites (N-methyl/N-ethyl adjacent to an activating group) is 1. The summed E-state index contributed by atoms with van der Waals surface area (Å²) in [4.78, 5) is 45.4. The summed E-state index contributed by atoms with van der Waals surface area (Å²) in [5.41, 5.74) is 7.46. The van der Waals surface area contributed by atoms with E-state index in [9.17, 15) is 18.8 Å². The van der Waals surface area contributed by atoms with Gasteiger partial charge in [-0.3, -0.25) is 14.5 Å². The van der Waals surface area contributed by atoms with Gasteiger partial charge in [-0.15, -0.1) is 0 Å². The number of hydrogen-bond donors (Lipinski definition) is 2. The van der Waals surface area contributed by atoms with Crippen LogP contribution in [0.4, 0.5) is 15.0 Å². The molecule has 0 aliphatic carbocycles. The second kappa shape index (κ2) is 8.94. The number of likely N-dealkylation sites (tertiary alicyclic amines) is 2.